The highest BCUT2D eigenvalue weighted by molar-refractivity contribution is 7.05. The lowest BCUT2D eigenvalue weighted by atomic mass is 10.4. The highest BCUT2D eigenvalue weighted by atomic mass is 32.1. The lowest BCUT2D eigenvalue weighted by molar-refractivity contribution is 0.387. The molecule has 0 bridgehead atoms. The Morgan fingerprint density at radius 2 is 1.45 bits per heavy atom. The van der Waals surface area contributed by atoms with Gasteiger partial charge in [-0.15, -0.1) is 0 Å². The molecule has 0 radical (unpaired) electrons. The van der Waals surface area contributed by atoms with Crippen molar-refractivity contribution >= 4 is 11.5 Å². The number of hydrogen-bond acceptors (Lipinski definition) is 6. The Hall–Kier alpha value is -1.30. The van der Waals surface area contributed by atoms with E-state index < -0.39 is 0 Å². The molecule has 0 atom stereocenters. The highest BCUT2D eigenvalue weighted by Gasteiger charge is 2.28. The Morgan fingerprint density at radius 3 is 1.68 bits per heavy atom. The van der Waals surface area contributed by atoms with Crippen molar-refractivity contribution in [2.45, 2.75) is 81.1 Å². The lowest BCUT2D eigenvalue weighted by Gasteiger charge is -1.77. The van der Waals surface area contributed by atoms with Gasteiger partial charge in [0.1, 0.15) is 10.8 Å². The zero-order valence-corrected chi connectivity index (χ0v) is 16.4. The van der Waals surface area contributed by atoms with Gasteiger partial charge < -0.3 is 4.52 Å². The maximum Gasteiger partial charge on any atom is 0.223 e. The minimum Gasteiger partial charge on any atom is -0.340 e. The minimum absolute atomic E-state index is 0.613. The molecule has 1 fully saturated rings. The summed E-state index contributed by atoms with van der Waals surface area (Å²) < 4.78 is 8.75. The van der Waals surface area contributed by atoms with Gasteiger partial charge >= 0.3 is 0 Å². The van der Waals surface area contributed by atoms with Gasteiger partial charge in [-0.2, -0.15) is 9.36 Å². The van der Waals surface area contributed by atoms with Gasteiger partial charge in [0.2, 0.25) is 5.89 Å². The summed E-state index contributed by atoms with van der Waals surface area (Å²) in [5.74, 6) is 3.06. The van der Waals surface area contributed by atoms with Crippen LogP contribution in [0.4, 0.5) is 0 Å². The summed E-state index contributed by atoms with van der Waals surface area (Å²) in [5.41, 5.74) is 0. The molecule has 0 amide bonds. The van der Waals surface area contributed by atoms with Gasteiger partial charge in [0.15, 0.2) is 5.82 Å². The Morgan fingerprint density at radius 1 is 0.909 bits per heavy atom. The maximum absolute atomic E-state index is 4.80. The van der Waals surface area contributed by atoms with Crippen molar-refractivity contribution in [2.24, 2.45) is 0 Å². The Balaban J connectivity index is 0. The summed E-state index contributed by atoms with van der Waals surface area (Å²) in [7, 11) is 0. The first-order chi connectivity index (χ1) is 10.6. The molecule has 1 saturated carbocycles. The molecule has 6 heteroatoms. The first-order valence-corrected chi connectivity index (χ1v) is 8.99. The molecular formula is C16H32N4OS. The molecule has 2 heterocycles. The molecule has 2 aromatic rings. The number of aromatic nitrogens is 4. The average molecular weight is 329 g/mol. The monoisotopic (exact) mass is 328 g/mol. The third-order valence-electron chi connectivity index (χ3n) is 2.11. The predicted octanol–water partition coefficient (Wildman–Crippen LogP) is 5.49. The van der Waals surface area contributed by atoms with Crippen LogP contribution in [-0.2, 0) is 0 Å². The molecule has 1 aliphatic carbocycles. The molecule has 128 valence electrons. The van der Waals surface area contributed by atoms with Crippen LogP contribution >= 0.6 is 11.5 Å². The molecule has 0 saturated heterocycles. The molecule has 0 spiro atoms. The van der Waals surface area contributed by atoms with Crippen LogP contribution in [0.2, 0.25) is 0 Å². The quantitative estimate of drug-likeness (QED) is 0.692. The molecule has 5 nitrogen and oxygen atoms in total. The van der Waals surface area contributed by atoms with Gasteiger partial charge in [-0.05, 0) is 38.2 Å². The average Bonchev–Trinajstić information content (AvgIpc) is 3.22. The van der Waals surface area contributed by atoms with Gasteiger partial charge in [-0.25, -0.2) is 4.98 Å². The zero-order valence-electron chi connectivity index (χ0n) is 15.6. The highest BCUT2D eigenvalue weighted by Crippen LogP contribution is 2.37. The van der Waals surface area contributed by atoms with Gasteiger partial charge in [-0.3, -0.25) is 0 Å². The van der Waals surface area contributed by atoms with E-state index in [1.54, 1.807) is 0 Å². The molecule has 2 aromatic heterocycles. The van der Waals surface area contributed by atoms with E-state index in [-0.39, 0.29) is 0 Å². The zero-order chi connectivity index (χ0) is 17.5. The van der Waals surface area contributed by atoms with Crippen LogP contribution < -0.4 is 0 Å². The lowest BCUT2D eigenvalue weighted by Crippen LogP contribution is -1.80. The Bertz CT molecular complexity index is 448. The first-order valence-electron chi connectivity index (χ1n) is 8.22. The normalized spacial score (nSPS) is 11.3. The standard InChI is InChI=1S/C6H8N2O.C4H6N2S.3C2H6/c1-4-7-6(8-9-4)5-2-3-5;1-3-5-4(2)7-6-3;3*1-2/h5H,2-3H2,1H3;1-2H3;3*1-2H3. The molecule has 1 aliphatic rings. The molecule has 0 unspecified atom stereocenters. The van der Waals surface area contributed by atoms with E-state index in [1.165, 1.54) is 24.4 Å². The number of nitrogens with zero attached hydrogens (tertiary/aromatic N) is 4. The predicted molar refractivity (Wildman–Crippen MR) is 94.4 cm³/mol. The van der Waals surface area contributed by atoms with E-state index in [0.717, 1.165) is 16.7 Å². The van der Waals surface area contributed by atoms with Crippen LogP contribution in [0.5, 0.6) is 0 Å². The molecule has 22 heavy (non-hydrogen) atoms. The summed E-state index contributed by atoms with van der Waals surface area (Å²) in [5, 5.41) is 4.83. The fraction of sp³-hybridized carbons (Fsp3) is 0.750. The van der Waals surface area contributed by atoms with E-state index in [9.17, 15) is 0 Å². The summed E-state index contributed by atoms with van der Waals surface area (Å²) >= 11 is 1.44. The maximum atomic E-state index is 4.80. The van der Waals surface area contributed by atoms with Crippen molar-refractivity contribution in [3.05, 3.63) is 22.5 Å². The van der Waals surface area contributed by atoms with Crippen LogP contribution in [0, 0.1) is 20.8 Å². The number of rotatable bonds is 1. The van der Waals surface area contributed by atoms with Crippen molar-refractivity contribution < 1.29 is 4.52 Å². The molecule has 0 aliphatic heterocycles. The second-order valence-electron chi connectivity index (χ2n) is 3.81. The summed E-state index contributed by atoms with van der Waals surface area (Å²) in [6, 6.07) is 0. The topological polar surface area (TPSA) is 64.7 Å². The van der Waals surface area contributed by atoms with Gasteiger partial charge in [0.25, 0.3) is 0 Å². The van der Waals surface area contributed by atoms with E-state index in [0.29, 0.717) is 11.8 Å². The largest absolute Gasteiger partial charge is 0.340 e. The minimum atomic E-state index is 0.613. The second-order valence-corrected chi connectivity index (χ2v) is 4.76. The summed E-state index contributed by atoms with van der Waals surface area (Å²) in [4.78, 5) is 8.11. The van der Waals surface area contributed by atoms with Gasteiger partial charge in [0, 0.05) is 12.8 Å². The SMILES string of the molecule is CC.CC.CC.Cc1nc(C2CC2)no1.Cc1nsc(C)n1. The van der Waals surface area contributed by atoms with Crippen molar-refractivity contribution in [3.63, 3.8) is 0 Å². The summed E-state index contributed by atoms with van der Waals surface area (Å²) in [6.45, 7) is 17.7. The number of aryl methyl sites for hydroxylation is 3. The van der Waals surface area contributed by atoms with Crippen LogP contribution in [0.1, 0.15) is 82.8 Å². The van der Waals surface area contributed by atoms with E-state index in [4.69, 9.17) is 4.52 Å². The molecule has 0 N–H and O–H groups in total. The van der Waals surface area contributed by atoms with Gasteiger partial charge in [0.05, 0.1) is 0 Å². The number of hydrogen-bond donors (Lipinski definition) is 0. The second kappa shape index (κ2) is 14.6. The van der Waals surface area contributed by atoms with Crippen LogP contribution in [0.15, 0.2) is 4.52 Å². The fourth-order valence-corrected chi connectivity index (χ4v) is 1.70. The Kier molecular flexibility index (Phi) is 15.3. The van der Waals surface area contributed by atoms with Crippen molar-refractivity contribution in [1.29, 1.82) is 0 Å². The van der Waals surface area contributed by atoms with Crippen molar-refractivity contribution in [3.8, 4) is 0 Å². The molecular weight excluding hydrogens is 296 g/mol. The van der Waals surface area contributed by atoms with Crippen LogP contribution in [0.3, 0.4) is 0 Å². The summed E-state index contributed by atoms with van der Waals surface area (Å²) in [6.07, 6.45) is 2.47. The first kappa shape index (κ1) is 23.0. The molecule has 3 rings (SSSR count). The fourth-order valence-electron chi connectivity index (χ4n) is 1.22. The van der Waals surface area contributed by atoms with Crippen LogP contribution in [0.25, 0.3) is 0 Å². The third-order valence-corrected chi connectivity index (χ3v) is 2.83. The smallest absolute Gasteiger partial charge is 0.223 e. The molecule has 0 aromatic carbocycles. The van der Waals surface area contributed by atoms with E-state index in [2.05, 4.69) is 19.5 Å². The van der Waals surface area contributed by atoms with Crippen molar-refractivity contribution in [1.82, 2.24) is 19.5 Å². The van der Waals surface area contributed by atoms with E-state index >= 15 is 0 Å². The Labute approximate surface area is 139 Å². The van der Waals surface area contributed by atoms with Crippen LogP contribution in [-0.4, -0.2) is 19.5 Å². The van der Waals surface area contributed by atoms with Gasteiger partial charge in [-0.1, -0.05) is 46.7 Å². The van der Waals surface area contributed by atoms with Crippen molar-refractivity contribution in [2.75, 3.05) is 0 Å². The van der Waals surface area contributed by atoms with E-state index in [1.807, 2.05) is 62.3 Å². The third kappa shape index (κ3) is 10.4.